The SMILES string of the molecule is N#CCc1cccc(CN2C(=O)c3cccc([N+](=O)[O-])c3C2=O)c1. The zero-order valence-electron chi connectivity index (χ0n) is 12.4. The smallest absolute Gasteiger partial charge is 0.270 e. The number of nitrogens with zero attached hydrogens (tertiary/aromatic N) is 3. The molecular weight excluding hydrogens is 310 g/mol. The van der Waals surface area contributed by atoms with Gasteiger partial charge in [0.1, 0.15) is 5.56 Å². The molecule has 0 aliphatic carbocycles. The highest BCUT2D eigenvalue weighted by Gasteiger charge is 2.40. The average Bonchev–Trinajstić information content (AvgIpc) is 2.81. The fourth-order valence-electron chi connectivity index (χ4n) is 2.72. The molecule has 118 valence electrons. The van der Waals surface area contributed by atoms with Crippen LogP contribution in [0.2, 0.25) is 0 Å². The van der Waals surface area contributed by atoms with Crippen LogP contribution < -0.4 is 0 Å². The largest absolute Gasteiger partial charge is 0.282 e. The van der Waals surface area contributed by atoms with Gasteiger partial charge in [0.25, 0.3) is 17.5 Å². The summed E-state index contributed by atoms with van der Waals surface area (Å²) in [5, 5.41) is 19.8. The molecule has 0 atom stereocenters. The first-order chi connectivity index (χ1) is 11.5. The van der Waals surface area contributed by atoms with E-state index in [1.54, 1.807) is 24.3 Å². The third-order valence-electron chi connectivity index (χ3n) is 3.79. The van der Waals surface area contributed by atoms with E-state index < -0.39 is 16.7 Å². The van der Waals surface area contributed by atoms with Gasteiger partial charge in [-0.2, -0.15) is 5.26 Å². The van der Waals surface area contributed by atoms with Crippen molar-refractivity contribution in [3.8, 4) is 6.07 Å². The highest BCUT2D eigenvalue weighted by Crippen LogP contribution is 2.31. The van der Waals surface area contributed by atoms with Crippen molar-refractivity contribution in [1.82, 2.24) is 4.90 Å². The Morgan fingerprint density at radius 2 is 1.79 bits per heavy atom. The predicted molar refractivity (Wildman–Crippen MR) is 83.1 cm³/mol. The molecule has 2 aromatic rings. The normalized spacial score (nSPS) is 12.9. The van der Waals surface area contributed by atoms with Crippen LogP contribution >= 0.6 is 0 Å². The zero-order valence-corrected chi connectivity index (χ0v) is 12.4. The molecule has 1 heterocycles. The van der Waals surface area contributed by atoms with Crippen molar-refractivity contribution in [2.75, 3.05) is 0 Å². The Hall–Kier alpha value is -3.53. The van der Waals surface area contributed by atoms with E-state index in [1.165, 1.54) is 18.2 Å². The molecule has 0 saturated carbocycles. The van der Waals surface area contributed by atoms with Gasteiger partial charge in [-0.05, 0) is 17.2 Å². The van der Waals surface area contributed by atoms with E-state index in [0.29, 0.717) is 5.56 Å². The number of nitriles is 1. The standard InChI is InChI=1S/C17H11N3O4/c18-8-7-11-3-1-4-12(9-11)10-19-16(21)13-5-2-6-14(20(23)24)15(13)17(19)22/h1-6,9H,7,10H2. The highest BCUT2D eigenvalue weighted by molar-refractivity contribution is 6.23. The number of carbonyl (C=O) groups excluding carboxylic acids is 2. The summed E-state index contributed by atoms with van der Waals surface area (Å²) in [5.74, 6) is -1.22. The first-order valence-corrected chi connectivity index (χ1v) is 7.11. The number of nitro benzene ring substituents is 1. The molecule has 0 fully saturated rings. The van der Waals surface area contributed by atoms with Crippen LogP contribution in [0.25, 0.3) is 0 Å². The van der Waals surface area contributed by atoms with Crippen LogP contribution in [0.15, 0.2) is 42.5 Å². The molecule has 2 amide bonds. The molecule has 0 saturated heterocycles. The number of hydrogen-bond acceptors (Lipinski definition) is 5. The molecule has 7 nitrogen and oxygen atoms in total. The van der Waals surface area contributed by atoms with Crippen LogP contribution in [0.3, 0.4) is 0 Å². The molecule has 3 rings (SSSR count). The Morgan fingerprint density at radius 3 is 2.50 bits per heavy atom. The van der Waals surface area contributed by atoms with Crippen molar-refractivity contribution in [2.45, 2.75) is 13.0 Å². The Bertz CT molecular complexity index is 914. The van der Waals surface area contributed by atoms with Crippen LogP contribution in [0.5, 0.6) is 0 Å². The maximum Gasteiger partial charge on any atom is 0.282 e. The summed E-state index contributed by atoms with van der Waals surface area (Å²) in [6, 6.07) is 13.0. The number of amides is 2. The van der Waals surface area contributed by atoms with E-state index in [0.717, 1.165) is 10.5 Å². The molecule has 0 unspecified atom stereocenters. The van der Waals surface area contributed by atoms with Gasteiger partial charge >= 0.3 is 0 Å². The van der Waals surface area contributed by atoms with Crippen molar-refractivity contribution >= 4 is 17.5 Å². The summed E-state index contributed by atoms with van der Waals surface area (Å²) in [6.45, 7) is 0.00275. The molecule has 0 N–H and O–H groups in total. The van der Waals surface area contributed by atoms with Crippen LogP contribution in [0.1, 0.15) is 31.8 Å². The van der Waals surface area contributed by atoms with Crippen LogP contribution in [0.4, 0.5) is 5.69 Å². The lowest BCUT2D eigenvalue weighted by atomic mass is 10.1. The van der Waals surface area contributed by atoms with Gasteiger partial charge in [0.2, 0.25) is 0 Å². The fourth-order valence-corrected chi connectivity index (χ4v) is 2.72. The van der Waals surface area contributed by atoms with E-state index in [-0.39, 0.29) is 29.8 Å². The van der Waals surface area contributed by atoms with Crippen molar-refractivity contribution in [2.24, 2.45) is 0 Å². The van der Waals surface area contributed by atoms with Crippen LogP contribution in [-0.4, -0.2) is 21.6 Å². The summed E-state index contributed by atoms with van der Waals surface area (Å²) >= 11 is 0. The number of nitro groups is 1. The molecule has 1 aliphatic rings. The maximum absolute atomic E-state index is 12.5. The Morgan fingerprint density at radius 1 is 1.08 bits per heavy atom. The molecule has 7 heteroatoms. The number of carbonyl (C=O) groups is 2. The minimum absolute atomic E-state index is 0.00275. The Labute approximate surface area is 136 Å². The zero-order chi connectivity index (χ0) is 17.3. The van der Waals surface area contributed by atoms with Gasteiger partial charge in [0.05, 0.1) is 29.5 Å². The second-order valence-corrected chi connectivity index (χ2v) is 5.31. The van der Waals surface area contributed by atoms with E-state index in [4.69, 9.17) is 5.26 Å². The van der Waals surface area contributed by atoms with Crippen molar-refractivity contribution in [3.63, 3.8) is 0 Å². The lowest BCUT2D eigenvalue weighted by molar-refractivity contribution is -0.385. The highest BCUT2D eigenvalue weighted by atomic mass is 16.6. The van der Waals surface area contributed by atoms with E-state index in [9.17, 15) is 19.7 Å². The maximum atomic E-state index is 12.5. The Balaban J connectivity index is 1.95. The fraction of sp³-hybridized carbons (Fsp3) is 0.118. The minimum atomic E-state index is -0.673. The molecule has 1 aliphatic heterocycles. The monoisotopic (exact) mass is 321 g/mol. The molecule has 0 radical (unpaired) electrons. The number of benzene rings is 2. The summed E-state index contributed by atoms with van der Waals surface area (Å²) in [6.07, 6.45) is 0.224. The van der Waals surface area contributed by atoms with E-state index >= 15 is 0 Å². The lowest BCUT2D eigenvalue weighted by Crippen LogP contribution is -2.29. The summed E-state index contributed by atoms with van der Waals surface area (Å²) < 4.78 is 0. The summed E-state index contributed by atoms with van der Waals surface area (Å²) in [4.78, 5) is 36.3. The first kappa shape index (κ1) is 15.4. The van der Waals surface area contributed by atoms with Crippen molar-refractivity contribution in [1.29, 1.82) is 5.26 Å². The van der Waals surface area contributed by atoms with Gasteiger partial charge in [0.15, 0.2) is 0 Å². The molecule has 24 heavy (non-hydrogen) atoms. The number of hydrogen-bond donors (Lipinski definition) is 0. The second kappa shape index (κ2) is 5.93. The van der Waals surface area contributed by atoms with Gasteiger partial charge in [0, 0.05) is 6.07 Å². The Kier molecular flexibility index (Phi) is 3.80. The number of fused-ring (bicyclic) bond motifs is 1. The molecule has 0 aromatic heterocycles. The van der Waals surface area contributed by atoms with Crippen molar-refractivity contribution in [3.05, 3.63) is 74.8 Å². The summed E-state index contributed by atoms with van der Waals surface area (Å²) in [5.41, 5.74) is 0.965. The molecular formula is C17H11N3O4. The summed E-state index contributed by atoms with van der Waals surface area (Å²) in [7, 11) is 0. The quantitative estimate of drug-likeness (QED) is 0.488. The van der Waals surface area contributed by atoms with E-state index in [2.05, 4.69) is 0 Å². The second-order valence-electron chi connectivity index (χ2n) is 5.31. The van der Waals surface area contributed by atoms with Crippen LogP contribution in [0, 0.1) is 21.4 Å². The number of imide groups is 1. The molecule has 0 spiro atoms. The number of rotatable bonds is 4. The van der Waals surface area contributed by atoms with Gasteiger partial charge in [-0.15, -0.1) is 0 Å². The topological polar surface area (TPSA) is 104 Å². The van der Waals surface area contributed by atoms with Gasteiger partial charge < -0.3 is 0 Å². The van der Waals surface area contributed by atoms with Gasteiger partial charge in [-0.25, -0.2) is 0 Å². The first-order valence-electron chi connectivity index (χ1n) is 7.11. The third-order valence-corrected chi connectivity index (χ3v) is 3.79. The van der Waals surface area contributed by atoms with Crippen LogP contribution in [-0.2, 0) is 13.0 Å². The molecule has 0 bridgehead atoms. The average molecular weight is 321 g/mol. The lowest BCUT2D eigenvalue weighted by Gasteiger charge is -2.14. The third kappa shape index (κ3) is 2.50. The minimum Gasteiger partial charge on any atom is -0.270 e. The molecule has 2 aromatic carbocycles. The predicted octanol–water partition coefficient (Wildman–Crippen LogP) is 2.46. The van der Waals surface area contributed by atoms with E-state index in [1.807, 2.05) is 6.07 Å². The van der Waals surface area contributed by atoms with Gasteiger partial charge in [-0.1, -0.05) is 30.3 Å². The van der Waals surface area contributed by atoms with Crippen molar-refractivity contribution < 1.29 is 14.5 Å². The van der Waals surface area contributed by atoms with Gasteiger partial charge in [-0.3, -0.25) is 24.6 Å².